The maximum Gasteiger partial charge on any atom is 0.408 e. The van der Waals surface area contributed by atoms with Crippen LogP contribution in [0.25, 0.3) is 11.1 Å². The number of alkyl halides is 3. The Labute approximate surface area is 227 Å². The number of nitrogens with one attached hydrogen (secondary N) is 2. The molecule has 0 aliphatic heterocycles. The molecule has 2 aliphatic rings. The fourth-order valence-corrected chi connectivity index (χ4v) is 5.22. The zero-order valence-corrected chi connectivity index (χ0v) is 21.8. The topological polar surface area (TPSA) is 116 Å². The van der Waals surface area contributed by atoms with Crippen LogP contribution in [-0.4, -0.2) is 38.8 Å². The Morgan fingerprint density at radius 1 is 1.12 bits per heavy atom. The molecule has 2 fully saturated rings. The van der Waals surface area contributed by atoms with Gasteiger partial charge in [0.2, 0.25) is 11.9 Å². The van der Waals surface area contributed by atoms with Gasteiger partial charge in [0.1, 0.15) is 24.1 Å². The van der Waals surface area contributed by atoms with Crippen molar-refractivity contribution in [1.82, 2.24) is 20.1 Å². The van der Waals surface area contributed by atoms with Crippen LogP contribution in [0.1, 0.15) is 47.4 Å². The third-order valence-electron chi connectivity index (χ3n) is 7.37. The quantitative estimate of drug-likeness (QED) is 0.177. The van der Waals surface area contributed by atoms with Crippen molar-refractivity contribution in [3.63, 3.8) is 0 Å². The Morgan fingerprint density at radius 3 is 2.40 bits per heavy atom. The summed E-state index contributed by atoms with van der Waals surface area (Å²) in [7, 11) is 0. The normalized spacial score (nSPS) is 16.2. The second-order valence-corrected chi connectivity index (χ2v) is 10.6. The van der Waals surface area contributed by atoms with Crippen molar-refractivity contribution in [1.29, 1.82) is 0 Å². The molecule has 3 aromatic heterocycles. The van der Waals surface area contributed by atoms with E-state index in [0.29, 0.717) is 20.5 Å². The summed E-state index contributed by atoms with van der Waals surface area (Å²) in [5.41, 5.74) is 1.04. The lowest BCUT2D eigenvalue weighted by molar-refractivity contribution is -0.612. The summed E-state index contributed by atoms with van der Waals surface area (Å²) in [6.45, 7) is 1.81. The average molecular weight is 561 g/mol. The Balaban J connectivity index is 1.39. The highest BCUT2D eigenvalue weighted by atomic mass is 19.4. The summed E-state index contributed by atoms with van der Waals surface area (Å²) >= 11 is 0. The first-order chi connectivity index (χ1) is 18.9. The van der Waals surface area contributed by atoms with Gasteiger partial charge < -0.3 is 15.8 Å². The maximum absolute atomic E-state index is 15.1. The van der Waals surface area contributed by atoms with Gasteiger partial charge in [-0.25, -0.2) is 4.98 Å². The van der Waals surface area contributed by atoms with E-state index in [0.717, 1.165) is 37.9 Å². The van der Waals surface area contributed by atoms with Gasteiger partial charge in [0.25, 0.3) is 5.91 Å². The summed E-state index contributed by atoms with van der Waals surface area (Å²) in [5.74, 6) is -2.32. The number of hydrogen-bond donors (Lipinski definition) is 2. The molecular weight excluding hydrogens is 532 g/mol. The first-order valence-electron chi connectivity index (χ1n) is 13.0. The molecule has 2 saturated carbocycles. The number of pyridine rings is 2. The highest BCUT2D eigenvalue weighted by Crippen LogP contribution is 2.51. The van der Waals surface area contributed by atoms with Gasteiger partial charge >= 0.3 is 6.18 Å². The summed E-state index contributed by atoms with van der Waals surface area (Å²) in [6, 6.07) is 4.56. The number of hydrogen-bond acceptors (Lipinski definition) is 5. The number of nitrogens with zero attached hydrogens (tertiary/aromatic N) is 4. The molecule has 40 heavy (non-hydrogen) atoms. The van der Waals surface area contributed by atoms with E-state index in [-0.39, 0.29) is 40.5 Å². The fourth-order valence-electron chi connectivity index (χ4n) is 5.22. The van der Waals surface area contributed by atoms with Crippen LogP contribution in [0.4, 0.5) is 23.4 Å². The molecule has 2 aliphatic carbocycles. The molecule has 0 bridgehead atoms. The molecule has 0 spiro atoms. The van der Waals surface area contributed by atoms with Gasteiger partial charge in [-0.2, -0.15) is 27.4 Å². The molecule has 0 radical (unpaired) electrons. The zero-order valence-electron chi connectivity index (χ0n) is 21.8. The van der Waals surface area contributed by atoms with Gasteiger partial charge in [-0.3, -0.25) is 14.3 Å². The third-order valence-corrected chi connectivity index (χ3v) is 7.37. The van der Waals surface area contributed by atoms with E-state index in [4.69, 9.17) is 0 Å². The van der Waals surface area contributed by atoms with Crippen molar-refractivity contribution in [3.05, 3.63) is 64.8 Å². The molecule has 0 saturated heterocycles. The van der Waals surface area contributed by atoms with E-state index in [1.165, 1.54) is 18.3 Å². The van der Waals surface area contributed by atoms with Crippen LogP contribution < -0.4 is 15.4 Å². The molecule has 2 N–H and O–H groups in total. The van der Waals surface area contributed by atoms with E-state index in [2.05, 4.69) is 20.7 Å². The minimum absolute atomic E-state index is 0.0837. The van der Waals surface area contributed by atoms with Crippen molar-refractivity contribution in [2.45, 2.75) is 58.3 Å². The van der Waals surface area contributed by atoms with Gasteiger partial charge in [-0.15, -0.1) is 0 Å². The summed E-state index contributed by atoms with van der Waals surface area (Å²) in [5, 5.41) is 20.9. The molecule has 212 valence electrons. The number of carbonyl (C=O) groups is 2. The number of rotatable bonds is 9. The second kappa shape index (κ2) is 10.5. The first-order valence-corrected chi connectivity index (χ1v) is 13.0. The van der Waals surface area contributed by atoms with Crippen LogP contribution in [-0.2, 0) is 11.3 Å². The Bertz CT molecular complexity index is 1440. The van der Waals surface area contributed by atoms with Crippen molar-refractivity contribution >= 4 is 17.6 Å². The summed E-state index contributed by atoms with van der Waals surface area (Å²) in [6.07, 6.45) is 1.39. The van der Waals surface area contributed by atoms with Gasteiger partial charge in [0, 0.05) is 24.2 Å². The highest BCUT2D eigenvalue weighted by molar-refractivity contribution is 6.00. The number of aromatic nitrogens is 4. The summed E-state index contributed by atoms with van der Waals surface area (Å²) < 4.78 is 55.2. The van der Waals surface area contributed by atoms with Crippen molar-refractivity contribution < 1.29 is 31.9 Å². The zero-order chi connectivity index (χ0) is 28.8. The Morgan fingerprint density at radius 2 is 1.80 bits per heavy atom. The molecule has 0 aromatic carbocycles. The van der Waals surface area contributed by atoms with Crippen LogP contribution in [0.2, 0.25) is 0 Å². The monoisotopic (exact) mass is 560 g/mol. The summed E-state index contributed by atoms with van der Waals surface area (Å²) in [4.78, 5) is 30.5. The SMILES string of the molecule is Cc1cc(-c2ccc(NC(=O)[C@@H](NC(=O)c3ccnn3CC(F)(F)F)C(C3CC3)C3CC3)nc2F)c(C)[n+]([O-])c1. The molecule has 3 heterocycles. The van der Waals surface area contributed by atoms with E-state index >= 15 is 4.39 Å². The standard InChI is InChI=1S/C27H28F4N6O3/c1-14-11-19(15(2)37(40)12-14)18-7-8-21(33-24(18)28)34-26(39)23(22(16-3-4-16)17-5-6-17)35-25(38)20-9-10-32-36(20)13-27(29,30)31/h7-12,16-17,22-23H,3-6,13H2,1-2H3,(H,35,38)(H,33,34,39)/t23-/m0/s1. The molecule has 3 aromatic rings. The van der Waals surface area contributed by atoms with Crippen molar-refractivity contribution in [2.75, 3.05) is 5.32 Å². The number of amides is 2. The van der Waals surface area contributed by atoms with Crippen molar-refractivity contribution in [2.24, 2.45) is 17.8 Å². The van der Waals surface area contributed by atoms with E-state index < -0.39 is 36.5 Å². The van der Waals surface area contributed by atoms with Crippen molar-refractivity contribution in [3.8, 4) is 11.1 Å². The number of carbonyl (C=O) groups excluding carboxylic acids is 2. The Hall–Kier alpha value is -4.03. The molecule has 5 rings (SSSR count). The van der Waals surface area contributed by atoms with Gasteiger partial charge in [-0.05, 0) is 74.6 Å². The second-order valence-electron chi connectivity index (χ2n) is 10.6. The number of aryl methyl sites for hydroxylation is 1. The van der Waals surface area contributed by atoms with Crippen LogP contribution in [0.3, 0.4) is 0 Å². The Kier molecular flexibility index (Phi) is 7.23. The molecule has 0 unspecified atom stereocenters. The highest BCUT2D eigenvalue weighted by Gasteiger charge is 2.48. The van der Waals surface area contributed by atoms with Gasteiger partial charge in [-0.1, -0.05) is 0 Å². The molecule has 13 heteroatoms. The minimum atomic E-state index is -4.59. The fraction of sp³-hybridized carbons (Fsp3) is 0.444. The predicted octanol–water partition coefficient (Wildman–Crippen LogP) is 4.07. The van der Waals surface area contributed by atoms with E-state index in [9.17, 15) is 28.0 Å². The third kappa shape index (κ3) is 6.07. The number of halogens is 4. The average Bonchev–Trinajstić information content (AvgIpc) is 3.80. The van der Waals surface area contributed by atoms with Crippen LogP contribution in [0.15, 0.2) is 36.7 Å². The van der Waals surface area contributed by atoms with Crippen LogP contribution in [0, 0.1) is 42.8 Å². The molecule has 2 amide bonds. The van der Waals surface area contributed by atoms with Gasteiger partial charge in [0.15, 0.2) is 11.9 Å². The molecular formula is C27H28F4N6O3. The van der Waals surface area contributed by atoms with Crippen LogP contribution in [0.5, 0.6) is 0 Å². The number of anilines is 1. The minimum Gasteiger partial charge on any atom is -0.618 e. The maximum atomic E-state index is 15.1. The first kappa shape index (κ1) is 27.5. The lowest BCUT2D eigenvalue weighted by Crippen LogP contribution is -2.50. The van der Waals surface area contributed by atoms with Crippen LogP contribution >= 0.6 is 0 Å². The molecule has 9 nitrogen and oxygen atoms in total. The predicted molar refractivity (Wildman–Crippen MR) is 135 cm³/mol. The lowest BCUT2D eigenvalue weighted by atomic mass is 9.88. The van der Waals surface area contributed by atoms with Gasteiger partial charge in [0.05, 0.1) is 5.56 Å². The smallest absolute Gasteiger partial charge is 0.408 e. The van der Waals surface area contributed by atoms with E-state index in [1.54, 1.807) is 19.9 Å². The lowest BCUT2D eigenvalue weighted by Gasteiger charge is -2.27. The van der Waals surface area contributed by atoms with E-state index in [1.807, 2.05) is 0 Å². The largest absolute Gasteiger partial charge is 0.618 e. The molecule has 1 atom stereocenters.